The summed E-state index contributed by atoms with van der Waals surface area (Å²) in [5, 5.41) is 0.493. The van der Waals surface area contributed by atoms with Gasteiger partial charge in [-0.3, -0.25) is 0 Å². The van der Waals surface area contributed by atoms with Crippen molar-refractivity contribution in [1.29, 1.82) is 0 Å². The molecule has 2 aliphatic rings. The average Bonchev–Trinajstić information content (AvgIpc) is 2.50. The van der Waals surface area contributed by atoms with Gasteiger partial charge in [0.1, 0.15) is 5.15 Å². The predicted octanol–water partition coefficient (Wildman–Crippen LogP) is 1.82. The van der Waals surface area contributed by atoms with E-state index in [9.17, 15) is 0 Å². The third-order valence-electron chi connectivity index (χ3n) is 3.68. The lowest BCUT2D eigenvalue weighted by Crippen LogP contribution is -2.37. The second-order valence-corrected chi connectivity index (χ2v) is 5.70. The Labute approximate surface area is 129 Å². The topological polar surface area (TPSA) is 54.6 Å². The Bertz CT molecular complexity index is 593. The van der Waals surface area contributed by atoms with E-state index in [0.717, 1.165) is 44.0 Å². The lowest BCUT2D eigenvalue weighted by atomic mass is 10.0. The number of hydrogen-bond acceptors (Lipinski definition) is 5. The third-order valence-corrected chi connectivity index (χ3v) is 3.98. The summed E-state index contributed by atoms with van der Waals surface area (Å²) in [4.78, 5) is 8.62. The molecule has 0 aromatic carbocycles. The van der Waals surface area contributed by atoms with Crippen LogP contribution in [-0.4, -0.2) is 54.7 Å². The highest BCUT2D eigenvalue weighted by Crippen LogP contribution is 2.29. The first-order chi connectivity index (χ1) is 10.1. The van der Waals surface area contributed by atoms with E-state index >= 15 is 0 Å². The quantitative estimate of drug-likeness (QED) is 0.845. The van der Waals surface area contributed by atoms with Crippen LogP contribution in [0, 0.1) is 0 Å². The Kier molecular flexibility index (Phi) is 4.03. The summed E-state index contributed by atoms with van der Waals surface area (Å²) in [6.07, 6.45) is 5.91. The molecule has 0 aliphatic carbocycles. The minimum Gasteiger partial charge on any atom is -0.397 e. The van der Waals surface area contributed by atoms with Gasteiger partial charge in [-0.1, -0.05) is 11.6 Å². The molecule has 1 aromatic rings. The summed E-state index contributed by atoms with van der Waals surface area (Å²) >= 11 is 6.23. The summed E-state index contributed by atoms with van der Waals surface area (Å²) in [7, 11) is 2.06. The van der Waals surface area contributed by atoms with Crippen LogP contribution in [0.15, 0.2) is 30.2 Å². The van der Waals surface area contributed by atoms with Gasteiger partial charge in [-0.05, 0) is 17.7 Å². The molecule has 5 nitrogen and oxygen atoms in total. The monoisotopic (exact) mass is 306 g/mol. The molecule has 1 aromatic heterocycles. The van der Waals surface area contributed by atoms with Crippen molar-refractivity contribution in [3.63, 3.8) is 0 Å². The van der Waals surface area contributed by atoms with E-state index in [1.165, 1.54) is 5.70 Å². The van der Waals surface area contributed by atoms with Crippen molar-refractivity contribution in [2.24, 2.45) is 0 Å². The lowest BCUT2D eigenvalue weighted by Gasteiger charge is -2.34. The minimum atomic E-state index is 0.493. The summed E-state index contributed by atoms with van der Waals surface area (Å²) in [6, 6.07) is 1.89. The fraction of sp³-hybridized carbons (Fsp3) is 0.400. The van der Waals surface area contributed by atoms with E-state index in [1.54, 1.807) is 6.20 Å². The van der Waals surface area contributed by atoms with Gasteiger partial charge in [0.15, 0.2) is 0 Å². The zero-order valence-corrected chi connectivity index (χ0v) is 12.8. The summed E-state index contributed by atoms with van der Waals surface area (Å²) < 4.78 is 5.41. The standard InChI is InChI=1S/C15H19ClN4O/c1-19-9-11(14-7-12(17)8-18-15(14)16)6-13(10-19)20-2-4-21-5-3-20/h6-8,10H,2-5,9,17H2,1H3. The molecular formula is C15H19ClN4O. The molecule has 21 heavy (non-hydrogen) atoms. The van der Waals surface area contributed by atoms with Crippen molar-refractivity contribution >= 4 is 22.9 Å². The molecule has 0 atom stereocenters. The van der Waals surface area contributed by atoms with Crippen LogP contribution >= 0.6 is 11.6 Å². The Morgan fingerprint density at radius 2 is 2.10 bits per heavy atom. The molecule has 2 N–H and O–H groups in total. The normalized spacial score (nSPS) is 19.3. The van der Waals surface area contributed by atoms with Gasteiger partial charge in [-0.25, -0.2) is 4.98 Å². The molecule has 0 saturated carbocycles. The molecule has 0 radical (unpaired) electrons. The number of pyridine rings is 1. The fourth-order valence-corrected chi connectivity index (χ4v) is 2.87. The molecule has 0 amide bonds. The molecule has 1 fully saturated rings. The zero-order valence-electron chi connectivity index (χ0n) is 12.1. The highest BCUT2D eigenvalue weighted by atomic mass is 35.5. The fourth-order valence-electron chi connectivity index (χ4n) is 2.65. The van der Waals surface area contributed by atoms with Crippen LogP contribution in [-0.2, 0) is 4.74 Å². The molecule has 112 valence electrons. The van der Waals surface area contributed by atoms with Crippen molar-refractivity contribution in [1.82, 2.24) is 14.8 Å². The molecule has 6 heteroatoms. The van der Waals surface area contributed by atoms with Gasteiger partial charge < -0.3 is 20.3 Å². The van der Waals surface area contributed by atoms with Crippen LogP contribution in [0.3, 0.4) is 0 Å². The van der Waals surface area contributed by atoms with Gasteiger partial charge in [-0.15, -0.1) is 0 Å². The number of hydrogen-bond donors (Lipinski definition) is 1. The van der Waals surface area contributed by atoms with Gasteiger partial charge in [0.2, 0.25) is 0 Å². The number of allylic oxidation sites excluding steroid dienone is 1. The van der Waals surface area contributed by atoms with E-state index in [1.807, 2.05) is 6.07 Å². The number of nitrogen functional groups attached to an aromatic ring is 1. The van der Waals surface area contributed by atoms with Crippen molar-refractivity contribution < 1.29 is 4.74 Å². The van der Waals surface area contributed by atoms with Crippen molar-refractivity contribution in [3.05, 3.63) is 41.0 Å². The third kappa shape index (κ3) is 3.14. The maximum Gasteiger partial charge on any atom is 0.136 e. The van der Waals surface area contributed by atoms with E-state index in [2.05, 4.69) is 34.1 Å². The number of nitrogens with zero attached hydrogens (tertiary/aromatic N) is 3. The smallest absolute Gasteiger partial charge is 0.136 e. The number of rotatable bonds is 2. The minimum absolute atomic E-state index is 0.493. The lowest BCUT2D eigenvalue weighted by molar-refractivity contribution is 0.0545. The number of anilines is 1. The summed E-state index contributed by atoms with van der Waals surface area (Å²) in [6.45, 7) is 4.15. The summed E-state index contributed by atoms with van der Waals surface area (Å²) in [5.74, 6) is 0. The van der Waals surface area contributed by atoms with Crippen molar-refractivity contribution in [3.8, 4) is 0 Å². The molecule has 0 spiro atoms. The van der Waals surface area contributed by atoms with Gasteiger partial charge in [0, 0.05) is 38.4 Å². The van der Waals surface area contributed by atoms with Crippen molar-refractivity contribution in [2.45, 2.75) is 0 Å². The van der Waals surface area contributed by atoms with Crippen LogP contribution in [0.25, 0.3) is 5.57 Å². The first-order valence-corrected chi connectivity index (χ1v) is 7.38. The van der Waals surface area contributed by atoms with Crippen LogP contribution < -0.4 is 5.73 Å². The summed E-state index contributed by atoms with van der Waals surface area (Å²) in [5.41, 5.74) is 9.68. The maximum atomic E-state index is 6.23. The molecule has 0 unspecified atom stereocenters. The zero-order chi connectivity index (χ0) is 14.8. The number of halogens is 1. The molecular weight excluding hydrogens is 288 g/mol. The Morgan fingerprint density at radius 1 is 1.33 bits per heavy atom. The van der Waals surface area contributed by atoms with Gasteiger partial charge in [-0.2, -0.15) is 0 Å². The van der Waals surface area contributed by atoms with Crippen LogP contribution in [0.1, 0.15) is 5.56 Å². The van der Waals surface area contributed by atoms with Crippen LogP contribution in [0.2, 0.25) is 5.15 Å². The van der Waals surface area contributed by atoms with E-state index in [4.69, 9.17) is 22.1 Å². The molecule has 3 rings (SSSR count). The van der Waals surface area contributed by atoms with Crippen molar-refractivity contribution in [2.75, 3.05) is 45.6 Å². The highest BCUT2D eigenvalue weighted by Gasteiger charge is 2.19. The second-order valence-electron chi connectivity index (χ2n) is 5.35. The van der Waals surface area contributed by atoms with E-state index < -0.39 is 0 Å². The van der Waals surface area contributed by atoms with Crippen LogP contribution in [0.4, 0.5) is 5.69 Å². The number of likely N-dealkylation sites (N-methyl/N-ethyl adjacent to an activating group) is 1. The van der Waals surface area contributed by atoms with E-state index in [0.29, 0.717) is 10.8 Å². The van der Waals surface area contributed by atoms with Crippen LogP contribution in [0.5, 0.6) is 0 Å². The second kappa shape index (κ2) is 5.95. The number of aromatic nitrogens is 1. The largest absolute Gasteiger partial charge is 0.397 e. The average molecular weight is 307 g/mol. The van der Waals surface area contributed by atoms with Gasteiger partial charge in [0.05, 0.1) is 30.8 Å². The number of ether oxygens (including phenoxy) is 1. The highest BCUT2D eigenvalue weighted by molar-refractivity contribution is 6.31. The Hall–Kier alpha value is -1.72. The number of nitrogens with two attached hydrogens (primary N) is 1. The molecule has 0 bridgehead atoms. The molecule has 2 aliphatic heterocycles. The van der Waals surface area contributed by atoms with E-state index in [-0.39, 0.29) is 0 Å². The first kappa shape index (κ1) is 14.2. The Balaban J connectivity index is 1.93. The SMILES string of the molecule is CN1C=C(N2CCOCC2)C=C(c2cc(N)cnc2Cl)C1. The Morgan fingerprint density at radius 3 is 2.86 bits per heavy atom. The number of morpholine rings is 1. The van der Waals surface area contributed by atoms with Gasteiger partial charge in [0.25, 0.3) is 0 Å². The predicted molar refractivity (Wildman–Crippen MR) is 84.7 cm³/mol. The molecule has 1 saturated heterocycles. The van der Waals surface area contributed by atoms with Gasteiger partial charge >= 0.3 is 0 Å². The first-order valence-electron chi connectivity index (χ1n) is 7.00. The maximum absolute atomic E-state index is 6.23. The molecule has 3 heterocycles.